The van der Waals surface area contributed by atoms with Crippen molar-refractivity contribution in [3.63, 3.8) is 0 Å². The molecule has 0 spiro atoms. The maximum absolute atomic E-state index is 9.17. The van der Waals surface area contributed by atoms with Crippen molar-refractivity contribution in [2.24, 2.45) is 5.73 Å². The lowest BCUT2D eigenvalue weighted by atomic mass is 9.94. The second-order valence-corrected chi connectivity index (χ2v) is 13.6. The van der Waals surface area contributed by atoms with Crippen molar-refractivity contribution >= 4 is 13.3 Å². The average Bonchev–Trinajstić information content (AvgIpc) is 2.63. The maximum atomic E-state index is 9.17. The molecule has 0 radical (unpaired) electrons. The third kappa shape index (κ3) is 8.80. The molecule has 26 heavy (non-hydrogen) atoms. The van der Waals surface area contributed by atoms with E-state index in [2.05, 4.69) is 44.3 Å². The van der Waals surface area contributed by atoms with Crippen LogP contribution in [0.5, 0.6) is 0 Å². The van der Waals surface area contributed by atoms with Crippen LogP contribution in [0.1, 0.15) is 63.4 Å². The third-order valence-corrected chi connectivity index (χ3v) is 9.19. The quantitative estimate of drug-likeness (QED) is 0.337. The Kier molecular flexibility index (Phi) is 10.7. The number of unbranched alkanes of at least 4 members (excludes halogenated alkanes) is 7. The van der Waals surface area contributed by atoms with E-state index in [1.807, 2.05) is 0 Å². The summed E-state index contributed by atoms with van der Waals surface area (Å²) in [6.45, 7) is 6.88. The average molecular weight is 380 g/mol. The van der Waals surface area contributed by atoms with E-state index in [4.69, 9.17) is 15.9 Å². The molecule has 150 valence electrons. The first-order valence-corrected chi connectivity index (χ1v) is 13.6. The van der Waals surface area contributed by atoms with Crippen molar-refractivity contribution in [1.82, 2.24) is 0 Å². The molecule has 1 aromatic carbocycles. The summed E-state index contributed by atoms with van der Waals surface area (Å²) in [4.78, 5) is 0. The molecular formula is C22H41NO2Si. The predicted molar refractivity (Wildman–Crippen MR) is 116 cm³/mol. The van der Waals surface area contributed by atoms with Gasteiger partial charge in [-0.15, -0.1) is 0 Å². The largest absolute Gasteiger partial charge is 0.394 e. The van der Waals surface area contributed by atoms with E-state index in [-0.39, 0.29) is 13.2 Å². The second kappa shape index (κ2) is 11.9. The number of benzene rings is 1. The van der Waals surface area contributed by atoms with Gasteiger partial charge in [-0.1, -0.05) is 106 Å². The van der Waals surface area contributed by atoms with Crippen LogP contribution >= 0.6 is 0 Å². The Morgan fingerprint density at radius 1 is 0.808 bits per heavy atom. The van der Waals surface area contributed by atoms with Crippen molar-refractivity contribution in [2.75, 3.05) is 13.2 Å². The van der Waals surface area contributed by atoms with Crippen molar-refractivity contribution in [3.05, 3.63) is 29.8 Å². The Balaban J connectivity index is 2.04. The van der Waals surface area contributed by atoms with Crippen molar-refractivity contribution in [3.8, 4) is 0 Å². The van der Waals surface area contributed by atoms with E-state index in [0.717, 1.165) is 12.8 Å². The van der Waals surface area contributed by atoms with Gasteiger partial charge in [-0.2, -0.15) is 0 Å². The molecule has 0 aliphatic rings. The van der Waals surface area contributed by atoms with Crippen LogP contribution in [-0.4, -0.2) is 37.0 Å². The fourth-order valence-electron chi connectivity index (χ4n) is 3.46. The molecule has 0 heterocycles. The van der Waals surface area contributed by atoms with E-state index >= 15 is 0 Å². The molecule has 3 nitrogen and oxygen atoms in total. The lowest BCUT2D eigenvalue weighted by Gasteiger charge is -2.24. The van der Waals surface area contributed by atoms with Gasteiger partial charge in [0.05, 0.1) is 26.8 Å². The molecule has 1 rings (SSSR count). The smallest absolute Gasteiger partial charge is 0.0806 e. The molecule has 0 saturated carbocycles. The molecule has 0 amide bonds. The first kappa shape index (κ1) is 23.4. The molecule has 0 aliphatic heterocycles. The zero-order valence-electron chi connectivity index (χ0n) is 17.3. The van der Waals surface area contributed by atoms with E-state index in [1.165, 1.54) is 50.1 Å². The maximum Gasteiger partial charge on any atom is 0.0806 e. The van der Waals surface area contributed by atoms with E-state index in [1.54, 1.807) is 5.19 Å². The van der Waals surface area contributed by atoms with Gasteiger partial charge in [0, 0.05) is 0 Å². The van der Waals surface area contributed by atoms with Crippen molar-refractivity contribution < 1.29 is 10.2 Å². The van der Waals surface area contributed by atoms with Gasteiger partial charge >= 0.3 is 0 Å². The highest BCUT2D eigenvalue weighted by Crippen LogP contribution is 2.18. The monoisotopic (exact) mass is 379 g/mol. The highest BCUT2D eigenvalue weighted by Gasteiger charge is 2.22. The molecule has 0 saturated heterocycles. The number of rotatable bonds is 14. The number of aryl methyl sites for hydroxylation is 1. The molecule has 0 unspecified atom stereocenters. The molecule has 0 aromatic heterocycles. The van der Waals surface area contributed by atoms with Gasteiger partial charge < -0.3 is 15.9 Å². The zero-order valence-corrected chi connectivity index (χ0v) is 18.3. The van der Waals surface area contributed by atoms with Gasteiger partial charge in [-0.25, -0.2) is 0 Å². The van der Waals surface area contributed by atoms with Crippen LogP contribution in [0.2, 0.25) is 19.1 Å². The summed E-state index contributed by atoms with van der Waals surface area (Å²) < 4.78 is 0. The number of nitrogens with two attached hydrogens (primary N) is 1. The van der Waals surface area contributed by atoms with Crippen LogP contribution in [0.3, 0.4) is 0 Å². The second-order valence-electron chi connectivity index (χ2n) is 8.76. The molecule has 4 N–H and O–H groups in total. The first-order valence-electron chi connectivity index (χ1n) is 10.4. The number of hydrogen-bond acceptors (Lipinski definition) is 3. The van der Waals surface area contributed by atoms with Gasteiger partial charge in [0.1, 0.15) is 0 Å². The SMILES string of the molecule is Cc1ccc([Si](C)(C)CCCCCCCCCCC(N)(CO)CO)cc1. The fraction of sp³-hybridized carbons (Fsp3) is 0.727. The summed E-state index contributed by atoms with van der Waals surface area (Å²) in [6.07, 6.45) is 10.7. The minimum Gasteiger partial charge on any atom is -0.394 e. The Hall–Kier alpha value is -0.683. The molecule has 0 aliphatic carbocycles. The molecule has 0 atom stereocenters. The van der Waals surface area contributed by atoms with Crippen LogP contribution < -0.4 is 10.9 Å². The number of aliphatic hydroxyl groups excluding tert-OH is 2. The summed E-state index contributed by atoms with van der Waals surface area (Å²) in [6, 6.07) is 10.6. The predicted octanol–water partition coefficient (Wildman–Crippen LogP) is 4.10. The van der Waals surface area contributed by atoms with Gasteiger partial charge in [0.2, 0.25) is 0 Å². The van der Waals surface area contributed by atoms with Crippen LogP contribution in [-0.2, 0) is 0 Å². The van der Waals surface area contributed by atoms with E-state index in [9.17, 15) is 0 Å². The highest BCUT2D eigenvalue weighted by molar-refractivity contribution is 6.89. The normalized spacial score (nSPS) is 12.5. The molecule has 4 heteroatoms. The minimum absolute atomic E-state index is 0.133. The molecular weight excluding hydrogens is 338 g/mol. The molecule has 0 fully saturated rings. The van der Waals surface area contributed by atoms with E-state index < -0.39 is 13.6 Å². The minimum atomic E-state index is -1.27. The Morgan fingerprint density at radius 3 is 1.77 bits per heavy atom. The van der Waals surface area contributed by atoms with Gasteiger partial charge in [0.15, 0.2) is 0 Å². The van der Waals surface area contributed by atoms with Gasteiger partial charge in [-0.3, -0.25) is 0 Å². The molecule has 1 aromatic rings. The Morgan fingerprint density at radius 2 is 1.27 bits per heavy atom. The fourth-order valence-corrected chi connectivity index (χ4v) is 5.95. The van der Waals surface area contributed by atoms with E-state index in [0.29, 0.717) is 6.42 Å². The Bertz CT molecular complexity index is 483. The van der Waals surface area contributed by atoms with Crippen molar-refractivity contribution in [1.29, 1.82) is 0 Å². The van der Waals surface area contributed by atoms with Crippen LogP contribution in [0, 0.1) is 6.92 Å². The van der Waals surface area contributed by atoms with Crippen LogP contribution in [0.25, 0.3) is 0 Å². The third-order valence-electron chi connectivity index (χ3n) is 5.69. The lowest BCUT2D eigenvalue weighted by Crippen LogP contribution is -2.47. The number of hydrogen-bond donors (Lipinski definition) is 3. The Labute approximate surface area is 162 Å². The first-order chi connectivity index (χ1) is 12.3. The summed E-state index contributed by atoms with van der Waals surface area (Å²) >= 11 is 0. The lowest BCUT2D eigenvalue weighted by molar-refractivity contribution is 0.112. The standard InChI is InChI=1S/C22H41NO2Si/c1-20-12-14-21(15-13-20)26(2,3)17-11-9-7-5-4-6-8-10-16-22(23,18-24)19-25/h12-15,24-25H,4-11,16-19,23H2,1-3H3. The van der Waals surface area contributed by atoms with Gasteiger partial charge in [-0.05, 0) is 13.3 Å². The highest BCUT2D eigenvalue weighted by atomic mass is 28.3. The topological polar surface area (TPSA) is 66.5 Å². The summed E-state index contributed by atoms with van der Waals surface area (Å²) in [5.74, 6) is 0. The summed E-state index contributed by atoms with van der Waals surface area (Å²) in [5, 5.41) is 19.9. The van der Waals surface area contributed by atoms with Crippen LogP contribution in [0.15, 0.2) is 24.3 Å². The summed E-state index contributed by atoms with van der Waals surface area (Å²) in [5.41, 5.74) is 6.45. The van der Waals surface area contributed by atoms with Crippen molar-refractivity contribution in [2.45, 2.75) is 89.4 Å². The summed E-state index contributed by atoms with van der Waals surface area (Å²) in [7, 11) is -1.27. The molecule has 0 bridgehead atoms. The number of aliphatic hydroxyl groups is 2. The van der Waals surface area contributed by atoms with Gasteiger partial charge in [0.25, 0.3) is 0 Å². The zero-order chi connectivity index (χ0) is 19.5. The van der Waals surface area contributed by atoms with Crippen LogP contribution in [0.4, 0.5) is 0 Å².